The topological polar surface area (TPSA) is 44.0 Å². The number of aromatic amines is 1. The lowest BCUT2D eigenvalue weighted by molar-refractivity contribution is 0.724. The molecule has 0 aliphatic carbocycles. The molecule has 1 aromatic carbocycles. The maximum Gasteiger partial charge on any atom is 0.151 e. The van der Waals surface area contributed by atoms with Crippen LogP contribution in [0, 0.1) is 13.8 Å². The molecule has 2 aromatic rings. The van der Waals surface area contributed by atoms with Gasteiger partial charge in [-0.15, -0.1) is 0 Å². The lowest BCUT2D eigenvalue weighted by Gasteiger charge is -2.18. The summed E-state index contributed by atoms with van der Waals surface area (Å²) in [6.45, 7) is 8.51. The van der Waals surface area contributed by atoms with Gasteiger partial charge in [0.2, 0.25) is 0 Å². The summed E-state index contributed by atoms with van der Waals surface area (Å²) in [6.07, 6.45) is 1.17. The lowest BCUT2D eigenvalue weighted by Crippen LogP contribution is -2.28. The standard InChI is InChI=1S/C16H22N4/c1-12-4-5-14(13(2)10-12)15-11-16(19-18-15)20-8-3-6-17-7-9-20/h4-5,10-11,17H,3,6-9H2,1-2H3,(H,18,19). The molecule has 1 aliphatic heterocycles. The Morgan fingerprint density at radius 1 is 1.10 bits per heavy atom. The Balaban J connectivity index is 1.85. The van der Waals surface area contributed by atoms with E-state index in [2.05, 4.69) is 58.5 Å². The largest absolute Gasteiger partial charge is 0.354 e. The minimum atomic E-state index is 1.02. The molecule has 2 N–H and O–H groups in total. The zero-order valence-corrected chi connectivity index (χ0v) is 12.2. The van der Waals surface area contributed by atoms with Crippen molar-refractivity contribution in [3.05, 3.63) is 35.4 Å². The minimum absolute atomic E-state index is 1.02. The van der Waals surface area contributed by atoms with E-state index in [9.17, 15) is 0 Å². The normalized spacial score (nSPS) is 16.2. The third-order valence-corrected chi connectivity index (χ3v) is 3.90. The number of hydrogen-bond acceptors (Lipinski definition) is 3. The van der Waals surface area contributed by atoms with E-state index in [-0.39, 0.29) is 0 Å². The van der Waals surface area contributed by atoms with Crippen molar-refractivity contribution < 1.29 is 0 Å². The number of benzene rings is 1. The molecular weight excluding hydrogens is 248 g/mol. The predicted molar refractivity (Wildman–Crippen MR) is 83.2 cm³/mol. The Bertz CT molecular complexity index is 580. The molecule has 0 bridgehead atoms. The van der Waals surface area contributed by atoms with Gasteiger partial charge in [0.25, 0.3) is 0 Å². The van der Waals surface area contributed by atoms with Gasteiger partial charge in [0, 0.05) is 31.3 Å². The van der Waals surface area contributed by atoms with Crippen molar-refractivity contribution in [1.29, 1.82) is 0 Å². The predicted octanol–water partition coefficient (Wildman–Crippen LogP) is 2.49. The van der Waals surface area contributed by atoms with Gasteiger partial charge in [0.1, 0.15) is 0 Å². The second kappa shape index (κ2) is 5.67. The van der Waals surface area contributed by atoms with Crippen molar-refractivity contribution in [3.8, 4) is 11.3 Å². The van der Waals surface area contributed by atoms with Crippen LogP contribution >= 0.6 is 0 Å². The van der Waals surface area contributed by atoms with E-state index in [1.807, 2.05) is 0 Å². The van der Waals surface area contributed by atoms with E-state index in [1.54, 1.807) is 0 Å². The van der Waals surface area contributed by atoms with Crippen LogP contribution in [0.25, 0.3) is 11.3 Å². The fraction of sp³-hybridized carbons (Fsp3) is 0.438. The van der Waals surface area contributed by atoms with Crippen molar-refractivity contribution in [2.75, 3.05) is 31.1 Å². The van der Waals surface area contributed by atoms with Crippen LogP contribution in [-0.2, 0) is 0 Å². The molecule has 0 atom stereocenters. The van der Waals surface area contributed by atoms with Crippen LogP contribution in [-0.4, -0.2) is 36.4 Å². The molecule has 0 saturated carbocycles. The highest BCUT2D eigenvalue weighted by Gasteiger charge is 2.13. The number of nitrogens with zero attached hydrogens (tertiary/aromatic N) is 2. The summed E-state index contributed by atoms with van der Waals surface area (Å²) < 4.78 is 0. The summed E-state index contributed by atoms with van der Waals surface area (Å²) in [6, 6.07) is 8.71. The van der Waals surface area contributed by atoms with Crippen molar-refractivity contribution in [2.24, 2.45) is 0 Å². The van der Waals surface area contributed by atoms with Crippen LogP contribution in [0.15, 0.2) is 24.3 Å². The third kappa shape index (κ3) is 2.70. The molecule has 0 unspecified atom stereocenters. The number of rotatable bonds is 2. The van der Waals surface area contributed by atoms with Gasteiger partial charge in [-0.3, -0.25) is 5.10 Å². The quantitative estimate of drug-likeness (QED) is 0.881. The van der Waals surface area contributed by atoms with E-state index in [0.717, 1.165) is 37.7 Å². The molecule has 1 fully saturated rings. The molecule has 0 amide bonds. The van der Waals surface area contributed by atoms with E-state index >= 15 is 0 Å². The van der Waals surface area contributed by atoms with Gasteiger partial charge in [-0.05, 0) is 32.4 Å². The van der Waals surface area contributed by atoms with Gasteiger partial charge >= 0.3 is 0 Å². The van der Waals surface area contributed by atoms with Crippen molar-refractivity contribution in [3.63, 3.8) is 0 Å². The molecule has 0 radical (unpaired) electrons. The van der Waals surface area contributed by atoms with Crippen molar-refractivity contribution in [2.45, 2.75) is 20.3 Å². The molecule has 106 valence electrons. The van der Waals surface area contributed by atoms with E-state index < -0.39 is 0 Å². The smallest absolute Gasteiger partial charge is 0.151 e. The second-order valence-electron chi connectivity index (χ2n) is 5.55. The molecule has 1 saturated heterocycles. The Morgan fingerprint density at radius 3 is 2.85 bits per heavy atom. The number of aromatic nitrogens is 2. The number of hydrogen-bond donors (Lipinski definition) is 2. The van der Waals surface area contributed by atoms with Crippen LogP contribution in [0.2, 0.25) is 0 Å². The molecule has 1 aromatic heterocycles. The van der Waals surface area contributed by atoms with Gasteiger partial charge in [-0.2, -0.15) is 5.10 Å². The van der Waals surface area contributed by atoms with E-state index in [4.69, 9.17) is 0 Å². The fourth-order valence-corrected chi connectivity index (χ4v) is 2.80. The monoisotopic (exact) mass is 270 g/mol. The van der Waals surface area contributed by atoms with Crippen LogP contribution < -0.4 is 10.2 Å². The average molecular weight is 270 g/mol. The number of H-pyrrole nitrogens is 1. The molecule has 2 heterocycles. The zero-order chi connectivity index (χ0) is 13.9. The van der Waals surface area contributed by atoms with Gasteiger partial charge in [0.05, 0.1) is 5.69 Å². The number of aryl methyl sites for hydroxylation is 2. The second-order valence-corrected chi connectivity index (χ2v) is 5.55. The maximum absolute atomic E-state index is 4.49. The fourth-order valence-electron chi connectivity index (χ4n) is 2.80. The third-order valence-electron chi connectivity index (χ3n) is 3.90. The van der Waals surface area contributed by atoms with Crippen molar-refractivity contribution in [1.82, 2.24) is 15.5 Å². The lowest BCUT2D eigenvalue weighted by atomic mass is 10.0. The average Bonchev–Trinajstić information content (AvgIpc) is 2.74. The summed E-state index contributed by atoms with van der Waals surface area (Å²) >= 11 is 0. The van der Waals surface area contributed by atoms with Gasteiger partial charge in [-0.25, -0.2) is 0 Å². The molecule has 20 heavy (non-hydrogen) atoms. The van der Waals surface area contributed by atoms with Gasteiger partial charge in [0.15, 0.2) is 5.82 Å². The van der Waals surface area contributed by atoms with Crippen LogP contribution in [0.5, 0.6) is 0 Å². The minimum Gasteiger partial charge on any atom is -0.354 e. The Kier molecular flexibility index (Phi) is 3.74. The summed E-state index contributed by atoms with van der Waals surface area (Å²) in [5, 5.41) is 11.1. The molecule has 1 aliphatic rings. The first kappa shape index (κ1) is 13.2. The Hall–Kier alpha value is -1.81. The first-order valence-corrected chi connectivity index (χ1v) is 7.33. The van der Waals surface area contributed by atoms with Crippen LogP contribution in [0.1, 0.15) is 17.5 Å². The first-order chi connectivity index (χ1) is 9.74. The molecule has 4 nitrogen and oxygen atoms in total. The SMILES string of the molecule is Cc1ccc(-c2cc(N3CCCNCC3)n[nH]2)c(C)c1. The Labute approximate surface area is 120 Å². The molecular formula is C16H22N4. The van der Waals surface area contributed by atoms with E-state index in [1.165, 1.54) is 23.1 Å². The molecule has 4 heteroatoms. The van der Waals surface area contributed by atoms with Gasteiger partial charge < -0.3 is 10.2 Å². The van der Waals surface area contributed by atoms with Gasteiger partial charge in [-0.1, -0.05) is 23.8 Å². The molecule has 3 rings (SSSR count). The number of anilines is 1. The first-order valence-electron chi connectivity index (χ1n) is 7.33. The number of nitrogens with one attached hydrogen (secondary N) is 2. The Morgan fingerprint density at radius 2 is 2.00 bits per heavy atom. The highest BCUT2D eigenvalue weighted by molar-refractivity contribution is 5.67. The highest BCUT2D eigenvalue weighted by atomic mass is 15.3. The zero-order valence-electron chi connectivity index (χ0n) is 12.2. The summed E-state index contributed by atoms with van der Waals surface area (Å²) in [5.41, 5.74) is 4.93. The van der Waals surface area contributed by atoms with Crippen molar-refractivity contribution >= 4 is 5.82 Å². The highest BCUT2D eigenvalue weighted by Crippen LogP contribution is 2.25. The van der Waals surface area contributed by atoms with Crippen LogP contribution in [0.3, 0.4) is 0 Å². The summed E-state index contributed by atoms with van der Waals surface area (Å²) in [4.78, 5) is 2.35. The summed E-state index contributed by atoms with van der Waals surface area (Å²) in [7, 11) is 0. The molecule has 0 spiro atoms. The van der Waals surface area contributed by atoms with E-state index in [0.29, 0.717) is 0 Å². The summed E-state index contributed by atoms with van der Waals surface area (Å²) in [5.74, 6) is 1.06. The maximum atomic E-state index is 4.49. The van der Waals surface area contributed by atoms with Crippen LogP contribution in [0.4, 0.5) is 5.82 Å².